The molecule has 1 rings (SSSR count). The highest BCUT2D eigenvalue weighted by Crippen LogP contribution is 2.23. The molecule has 1 aromatic rings. The summed E-state index contributed by atoms with van der Waals surface area (Å²) < 4.78 is 0. The van der Waals surface area contributed by atoms with Gasteiger partial charge in [-0.15, -0.1) is 12.4 Å². The van der Waals surface area contributed by atoms with Gasteiger partial charge in [-0.05, 0) is 49.6 Å². The number of aryl methyl sites for hydroxylation is 1. The van der Waals surface area contributed by atoms with Crippen LogP contribution in [0.2, 0.25) is 5.02 Å². The minimum Gasteiger partial charge on any atom is -0.330 e. The molecule has 0 aliphatic carbocycles. The lowest BCUT2D eigenvalue weighted by molar-refractivity contribution is 0.589. The van der Waals surface area contributed by atoms with Gasteiger partial charge in [0.15, 0.2) is 0 Å². The van der Waals surface area contributed by atoms with Gasteiger partial charge in [0.2, 0.25) is 0 Å². The van der Waals surface area contributed by atoms with E-state index in [-0.39, 0.29) is 18.4 Å². The Hall–Kier alpha value is -0.280. The van der Waals surface area contributed by atoms with Crippen LogP contribution in [0.5, 0.6) is 0 Å². The van der Waals surface area contributed by atoms with Gasteiger partial charge in [0.05, 0.1) is 0 Å². The van der Waals surface area contributed by atoms with E-state index in [1.807, 2.05) is 25.1 Å². The van der Waals surface area contributed by atoms with E-state index in [4.69, 9.17) is 23.1 Å². The van der Waals surface area contributed by atoms with E-state index in [0.717, 1.165) is 30.8 Å². The summed E-state index contributed by atoms with van der Waals surface area (Å²) in [7, 11) is 0. The quantitative estimate of drug-likeness (QED) is 0.801. The van der Waals surface area contributed by atoms with Crippen molar-refractivity contribution in [2.75, 3.05) is 6.54 Å². The molecule has 0 fully saturated rings. The predicted molar refractivity (Wildman–Crippen MR) is 73.3 cm³/mol. The second-order valence-electron chi connectivity index (χ2n) is 3.89. The number of hydrogen-bond acceptors (Lipinski definition) is 2. The van der Waals surface area contributed by atoms with Crippen molar-refractivity contribution in [3.05, 3.63) is 34.3 Å². The third-order valence-corrected chi connectivity index (χ3v) is 2.84. The van der Waals surface area contributed by atoms with Crippen LogP contribution in [-0.4, -0.2) is 6.54 Å². The van der Waals surface area contributed by atoms with Crippen LogP contribution in [0.25, 0.3) is 0 Å². The van der Waals surface area contributed by atoms with Gasteiger partial charge in [-0.3, -0.25) is 0 Å². The van der Waals surface area contributed by atoms with Gasteiger partial charge in [-0.1, -0.05) is 24.1 Å². The van der Waals surface area contributed by atoms with Crippen molar-refractivity contribution >= 4 is 24.0 Å². The molecule has 16 heavy (non-hydrogen) atoms. The van der Waals surface area contributed by atoms with E-state index in [1.165, 1.54) is 11.1 Å². The highest BCUT2D eigenvalue weighted by molar-refractivity contribution is 6.30. The summed E-state index contributed by atoms with van der Waals surface area (Å²) in [5.74, 6) is 0. The summed E-state index contributed by atoms with van der Waals surface area (Å²) in [5.41, 5.74) is 13.9. The molecule has 0 unspecified atom stereocenters. The number of unbranched alkanes of at least 4 members (excludes halogenated alkanes) is 1. The fraction of sp³-hybridized carbons (Fsp3) is 0.500. The molecule has 0 radical (unpaired) electrons. The van der Waals surface area contributed by atoms with Crippen molar-refractivity contribution in [1.29, 1.82) is 0 Å². The molecular formula is C12H20Cl2N2. The average molecular weight is 263 g/mol. The predicted octanol–water partition coefficient (Wildman–Crippen LogP) is 3.20. The molecule has 92 valence electrons. The summed E-state index contributed by atoms with van der Waals surface area (Å²) in [6, 6.07) is 5.98. The summed E-state index contributed by atoms with van der Waals surface area (Å²) in [4.78, 5) is 0. The summed E-state index contributed by atoms with van der Waals surface area (Å²) in [6.07, 6.45) is 3.11. The maximum atomic E-state index is 6.10. The normalized spacial score (nSPS) is 12.0. The van der Waals surface area contributed by atoms with Crippen LogP contribution in [0.4, 0.5) is 0 Å². The largest absolute Gasteiger partial charge is 0.330 e. The fourth-order valence-electron chi connectivity index (χ4n) is 1.72. The zero-order valence-electron chi connectivity index (χ0n) is 9.58. The molecule has 0 heterocycles. The molecule has 4 heteroatoms. The van der Waals surface area contributed by atoms with Crippen LogP contribution in [0.3, 0.4) is 0 Å². The maximum Gasteiger partial charge on any atom is 0.0408 e. The van der Waals surface area contributed by atoms with Crippen LogP contribution in [0.1, 0.15) is 36.4 Å². The van der Waals surface area contributed by atoms with Crippen molar-refractivity contribution < 1.29 is 0 Å². The van der Waals surface area contributed by atoms with E-state index in [9.17, 15) is 0 Å². The SMILES string of the molecule is Cc1cc(Cl)ccc1[C@@H](N)CCCCN.Cl. The molecule has 1 atom stereocenters. The first-order chi connectivity index (χ1) is 7.15. The Bertz CT molecular complexity index is 316. The van der Waals surface area contributed by atoms with Crippen molar-refractivity contribution in [2.24, 2.45) is 11.5 Å². The standard InChI is InChI=1S/C12H19ClN2.ClH/c1-9-8-10(13)5-6-11(9)12(15)4-2-3-7-14;/h5-6,8,12H,2-4,7,14-15H2,1H3;1H/t12-;/m0./s1. The first-order valence-electron chi connectivity index (χ1n) is 5.37. The second kappa shape index (κ2) is 7.91. The Balaban J connectivity index is 0.00000225. The molecule has 0 aromatic heterocycles. The van der Waals surface area contributed by atoms with E-state index in [1.54, 1.807) is 0 Å². The molecule has 4 N–H and O–H groups in total. The van der Waals surface area contributed by atoms with E-state index in [2.05, 4.69) is 0 Å². The molecule has 0 saturated carbocycles. The number of hydrogen-bond donors (Lipinski definition) is 2. The zero-order chi connectivity index (χ0) is 11.3. The van der Waals surface area contributed by atoms with Gasteiger partial charge >= 0.3 is 0 Å². The van der Waals surface area contributed by atoms with Crippen molar-refractivity contribution in [3.63, 3.8) is 0 Å². The van der Waals surface area contributed by atoms with Gasteiger partial charge in [-0.2, -0.15) is 0 Å². The summed E-state index contributed by atoms with van der Waals surface area (Å²) >= 11 is 5.89. The monoisotopic (exact) mass is 262 g/mol. The third-order valence-electron chi connectivity index (χ3n) is 2.60. The van der Waals surface area contributed by atoms with Gasteiger partial charge in [-0.25, -0.2) is 0 Å². The number of halogens is 2. The van der Waals surface area contributed by atoms with Gasteiger partial charge in [0.1, 0.15) is 0 Å². The first-order valence-corrected chi connectivity index (χ1v) is 5.74. The van der Waals surface area contributed by atoms with Gasteiger partial charge in [0.25, 0.3) is 0 Å². The van der Waals surface area contributed by atoms with E-state index < -0.39 is 0 Å². The molecule has 0 bridgehead atoms. The van der Waals surface area contributed by atoms with Crippen LogP contribution in [0.15, 0.2) is 18.2 Å². The topological polar surface area (TPSA) is 52.0 Å². The summed E-state index contributed by atoms with van der Waals surface area (Å²) in [6.45, 7) is 2.79. The van der Waals surface area contributed by atoms with Crippen LogP contribution < -0.4 is 11.5 Å². The molecule has 1 aromatic carbocycles. The van der Waals surface area contributed by atoms with Crippen LogP contribution >= 0.6 is 24.0 Å². The minimum absolute atomic E-state index is 0. The molecule has 0 aliphatic rings. The minimum atomic E-state index is 0. The Labute approximate surface area is 109 Å². The van der Waals surface area contributed by atoms with Gasteiger partial charge < -0.3 is 11.5 Å². The zero-order valence-corrected chi connectivity index (χ0v) is 11.2. The molecule has 2 nitrogen and oxygen atoms in total. The summed E-state index contributed by atoms with van der Waals surface area (Å²) in [5, 5.41) is 0.769. The first kappa shape index (κ1) is 15.7. The van der Waals surface area contributed by atoms with Crippen LogP contribution in [-0.2, 0) is 0 Å². The highest BCUT2D eigenvalue weighted by atomic mass is 35.5. The van der Waals surface area contributed by atoms with Gasteiger partial charge in [0, 0.05) is 11.1 Å². The van der Waals surface area contributed by atoms with E-state index >= 15 is 0 Å². The Morgan fingerprint density at radius 3 is 2.56 bits per heavy atom. The molecular weight excluding hydrogens is 243 g/mol. The van der Waals surface area contributed by atoms with Crippen LogP contribution in [0, 0.1) is 6.92 Å². The molecule has 0 aliphatic heterocycles. The number of rotatable bonds is 5. The Morgan fingerprint density at radius 2 is 2.00 bits per heavy atom. The number of benzene rings is 1. The fourth-order valence-corrected chi connectivity index (χ4v) is 1.95. The van der Waals surface area contributed by atoms with Crippen molar-refractivity contribution in [3.8, 4) is 0 Å². The third kappa shape index (κ3) is 4.71. The Kier molecular flexibility index (Phi) is 7.77. The molecule has 0 saturated heterocycles. The second-order valence-corrected chi connectivity index (χ2v) is 4.33. The number of nitrogens with two attached hydrogens (primary N) is 2. The smallest absolute Gasteiger partial charge is 0.0408 e. The lowest BCUT2D eigenvalue weighted by Gasteiger charge is -2.14. The lowest BCUT2D eigenvalue weighted by Crippen LogP contribution is -2.12. The van der Waals surface area contributed by atoms with Crippen molar-refractivity contribution in [1.82, 2.24) is 0 Å². The molecule has 0 spiro atoms. The maximum absolute atomic E-state index is 6.10. The van der Waals surface area contributed by atoms with Crippen molar-refractivity contribution in [2.45, 2.75) is 32.2 Å². The highest BCUT2D eigenvalue weighted by Gasteiger charge is 2.08. The average Bonchev–Trinajstić information content (AvgIpc) is 2.17. The lowest BCUT2D eigenvalue weighted by atomic mass is 9.98. The van der Waals surface area contributed by atoms with E-state index in [0.29, 0.717) is 0 Å². The Morgan fingerprint density at radius 1 is 1.31 bits per heavy atom. The molecule has 0 amide bonds.